The topological polar surface area (TPSA) is 26.3 Å². The average molecular weight is 210 g/mol. The van der Waals surface area contributed by atoms with Gasteiger partial charge in [-0.25, -0.2) is 4.79 Å². The molecule has 0 aliphatic rings. The number of hydrogen-bond donors (Lipinski definition) is 0. The van der Waals surface area contributed by atoms with Gasteiger partial charge < -0.3 is 4.74 Å². The summed E-state index contributed by atoms with van der Waals surface area (Å²) in [5, 5.41) is 0. The average Bonchev–Trinajstić information content (AvgIpc) is 1.61. The smallest absolute Gasteiger partial charge is 0.368 e. The maximum Gasteiger partial charge on any atom is 0.368 e. The first kappa shape index (κ1) is 6.76. The summed E-state index contributed by atoms with van der Waals surface area (Å²) in [5.41, 5.74) is 0. The van der Waals surface area contributed by atoms with Gasteiger partial charge in [-0.3, -0.25) is 0 Å². The summed E-state index contributed by atoms with van der Waals surface area (Å²) < 4.78 is 3.94. The highest BCUT2D eigenvalue weighted by atomic mass is 127. The molecule has 2 nitrogen and oxygen atoms in total. The van der Waals surface area contributed by atoms with Gasteiger partial charge in [0, 0.05) is 0 Å². The van der Waals surface area contributed by atoms with E-state index in [-0.39, 0.29) is 10.6 Å². The van der Waals surface area contributed by atoms with Crippen LogP contribution in [0.4, 0.5) is 4.79 Å². The zero-order chi connectivity index (χ0) is 5.70. The number of carbonyl (C=O) groups is 1. The van der Waals surface area contributed by atoms with Gasteiger partial charge in [-0.15, -0.1) is 6.42 Å². The Morgan fingerprint density at radius 3 is 2.71 bits per heavy atom. The number of halogens is 1. The summed E-state index contributed by atoms with van der Waals surface area (Å²) >= 11 is 1.51. The van der Waals surface area contributed by atoms with Gasteiger partial charge in [-0.05, 0) is 0 Å². The predicted molar refractivity (Wildman–Crippen MR) is 34.2 cm³/mol. The molecule has 0 amide bonds. The Kier molecular flexibility index (Phi) is 3.80. The minimum Gasteiger partial charge on any atom is -0.445 e. The molecule has 0 aromatic carbocycles. The lowest BCUT2D eigenvalue weighted by molar-refractivity contribution is 0.193. The van der Waals surface area contributed by atoms with Crippen LogP contribution in [0.2, 0.25) is 0 Å². The Bertz CT molecular complexity index is 103. The van der Waals surface area contributed by atoms with E-state index < -0.39 is 0 Å². The molecule has 0 N–H and O–H groups in total. The minimum absolute atomic E-state index is 0.0712. The summed E-state index contributed by atoms with van der Waals surface area (Å²) in [5.74, 6) is 2.15. The van der Waals surface area contributed by atoms with Gasteiger partial charge in [0.2, 0.25) is 0 Å². The van der Waals surface area contributed by atoms with Crippen molar-refractivity contribution in [2.75, 3.05) is 6.61 Å². The third-order valence-corrected chi connectivity index (χ3v) is 0.580. The highest BCUT2D eigenvalue weighted by Gasteiger charge is 1.86. The molecule has 0 rings (SSSR count). The second-order valence-electron chi connectivity index (χ2n) is 0.730. The summed E-state index contributed by atoms with van der Waals surface area (Å²) in [6.07, 6.45) is 4.75. The number of ether oxygens (including phenoxy) is 1. The van der Waals surface area contributed by atoms with Crippen LogP contribution < -0.4 is 0 Å². The third-order valence-electron chi connectivity index (χ3n) is 0.269. The molecule has 0 bridgehead atoms. The fourth-order valence-corrected chi connectivity index (χ4v) is 0.254. The Morgan fingerprint density at radius 1 is 2.00 bits per heavy atom. The van der Waals surface area contributed by atoms with Gasteiger partial charge in [0.05, 0.1) is 22.6 Å². The maximum absolute atomic E-state index is 9.87. The first-order valence-electron chi connectivity index (χ1n) is 1.53. The van der Waals surface area contributed by atoms with Gasteiger partial charge in [0.1, 0.15) is 0 Å². The van der Waals surface area contributed by atoms with E-state index in [1.165, 1.54) is 22.6 Å². The van der Waals surface area contributed by atoms with Gasteiger partial charge >= 0.3 is 3.98 Å². The Morgan fingerprint density at radius 2 is 2.57 bits per heavy atom. The van der Waals surface area contributed by atoms with Crippen molar-refractivity contribution in [1.82, 2.24) is 0 Å². The molecule has 0 aliphatic heterocycles. The highest BCUT2D eigenvalue weighted by molar-refractivity contribution is 14.1. The number of terminal acetylenes is 1. The van der Waals surface area contributed by atoms with Gasteiger partial charge in [0.25, 0.3) is 0 Å². The van der Waals surface area contributed by atoms with Crippen LogP contribution >= 0.6 is 22.6 Å². The van der Waals surface area contributed by atoms with Gasteiger partial charge in [-0.1, -0.05) is 5.92 Å². The first-order chi connectivity index (χ1) is 3.27. The van der Waals surface area contributed by atoms with Crippen LogP contribution in [0.15, 0.2) is 0 Å². The Labute approximate surface area is 55.4 Å². The SMILES string of the molecule is C#CCOC(=O)I. The number of carbonyl (C=O) groups excluding carboxylic acids is 1. The molecule has 0 fully saturated rings. The molecule has 0 aromatic rings. The van der Waals surface area contributed by atoms with Crippen LogP contribution in [-0.2, 0) is 4.74 Å². The highest BCUT2D eigenvalue weighted by Crippen LogP contribution is 1.88. The van der Waals surface area contributed by atoms with Gasteiger partial charge in [-0.2, -0.15) is 0 Å². The van der Waals surface area contributed by atoms with Crippen LogP contribution in [0, 0.1) is 12.3 Å². The van der Waals surface area contributed by atoms with Crippen molar-refractivity contribution >= 4 is 26.6 Å². The Hall–Kier alpha value is -0.240. The molecule has 0 radical (unpaired) electrons. The van der Waals surface area contributed by atoms with E-state index in [1.54, 1.807) is 0 Å². The monoisotopic (exact) mass is 210 g/mol. The van der Waals surface area contributed by atoms with Crippen molar-refractivity contribution in [2.24, 2.45) is 0 Å². The molecular weight excluding hydrogens is 207 g/mol. The van der Waals surface area contributed by atoms with E-state index in [9.17, 15) is 4.79 Å². The molecular formula is C4H3IO2. The zero-order valence-electron chi connectivity index (χ0n) is 3.48. The van der Waals surface area contributed by atoms with Crippen LogP contribution in [-0.4, -0.2) is 10.6 Å². The normalized spacial score (nSPS) is 6.86. The second-order valence-corrected chi connectivity index (χ2v) is 1.61. The molecule has 0 aromatic heterocycles. The van der Waals surface area contributed by atoms with Crippen molar-refractivity contribution in [2.45, 2.75) is 0 Å². The van der Waals surface area contributed by atoms with E-state index >= 15 is 0 Å². The quantitative estimate of drug-likeness (QED) is 0.369. The van der Waals surface area contributed by atoms with Crippen molar-refractivity contribution in [3.05, 3.63) is 0 Å². The number of rotatable bonds is 1. The van der Waals surface area contributed by atoms with E-state index in [4.69, 9.17) is 6.42 Å². The van der Waals surface area contributed by atoms with Crippen LogP contribution in [0.1, 0.15) is 0 Å². The molecule has 3 heteroatoms. The molecule has 0 unspecified atom stereocenters. The molecule has 0 heterocycles. The summed E-state index contributed by atoms with van der Waals surface area (Å²) in [7, 11) is 0. The van der Waals surface area contributed by atoms with Crippen molar-refractivity contribution < 1.29 is 9.53 Å². The Balaban J connectivity index is 3.02. The minimum atomic E-state index is -0.365. The third kappa shape index (κ3) is 5.76. The lowest BCUT2D eigenvalue weighted by Crippen LogP contribution is -1.90. The van der Waals surface area contributed by atoms with Crippen molar-refractivity contribution in [3.63, 3.8) is 0 Å². The summed E-state index contributed by atoms with van der Waals surface area (Å²) in [4.78, 5) is 9.87. The van der Waals surface area contributed by atoms with Crippen LogP contribution in [0.5, 0.6) is 0 Å². The first-order valence-corrected chi connectivity index (χ1v) is 2.61. The maximum atomic E-state index is 9.87. The van der Waals surface area contributed by atoms with Crippen LogP contribution in [0.3, 0.4) is 0 Å². The molecule has 7 heavy (non-hydrogen) atoms. The van der Waals surface area contributed by atoms with Gasteiger partial charge in [0.15, 0.2) is 6.61 Å². The fourth-order valence-electron chi connectivity index (χ4n) is 0.0984. The number of hydrogen-bond acceptors (Lipinski definition) is 2. The van der Waals surface area contributed by atoms with Crippen LogP contribution in [0.25, 0.3) is 0 Å². The fraction of sp³-hybridized carbons (Fsp3) is 0.250. The predicted octanol–water partition coefficient (Wildman–Crippen LogP) is 1.19. The lowest BCUT2D eigenvalue weighted by atomic mass is 10.8. The van der Waals surface area contributed by atoms with E-state index in [2.05, 4.69) is 10.7 Å². The molecule has 0 atom stereocenters. The summed E-state index contributed by atoms with van der Waals surface area (Å²) in [6.45, 7) is 0.0712. The molecule has 0 saturated carbocycles. The largest absolute Gasteiger partial charge is 0.445 e. The molecule has 0 spiro atoms. The molecule has 0 saturated heterocycles. The van der Waals surface area contributed by atoms with E-state index in [0.717, 1.165) is 0 Å². The lowest BCUT2D eigenvalue weighted by Gasteiger charge is -1.87. The second kappa shape index (κ2) is 3.93. The van der Waals surface area contributed by atoms with Crippen molar-refractivity contribution in [3.8, 4) is 12.3 Å². The van der Waals surface area contributed by atoms with E-state index in [1.807, 2.05) is 0 Å². The summed E-state index contributed by atoms with van der Waals surface area (Å²) in [6, 6.07) is 0. The zero-order valence-corrected chi connectivity index (χ0v) is 5.64. The van der Waals surface area contributed by atoms with Crippen molar-refractivity contribution in [1.29, 1.82) is 0 Å². The van der Waals surface area contributed by atoms with E-state index in [0.29, 0.717) is 0 Å². The molecule has 38 valence electrons. The standard InChI is InChI=1S/C4H3IO2/c1-2-3-7-4(5)6/h1H,3H2. The molecule has 0 aliphatic carbocycles.